The molecule has 5 heteroatoms. The third-order valence-corrected chi connectivity index (χ3v) is 6.04. The summed E-state index contributed by atoms with van der Waals surface area (Å²) in [7, 11) is 0. The molecule has 2 nitrogen and oxygen atoms in total. The summed E-state index contributed by atoms with van der Waals surface area (Å²) in [4.78, 5) is 0. The minimum atomic E-state index is -0.262. The fourth-order valence-electron chi connectivity index (χ4n) is 3.68. The number of aliphatic hydroxyl groups is 1. The number of aliphatic hydroxyl groups excluding tert-OH is 1. The SMILES string of the molecule is OC1CC(Oc2cc(Cl)c(Cl)cc2Cl)C12CCCCCC2. The Morgan fingerprint density at radius 2 is 1.57 bits per heavy atom. The fraction of sp³-hybridized carbons (Fsp3) is 0.625. The van der Waals surface area contributed by atoms with Crippen LogP contribution in [0, 0.1) is 5.41 Å². The van der Waals surface area contributed by atoms with Crippen molar-refractivity contribution in [2.45, 2.75) is 57.2 Å². The van der Waals surface area contributed by atoms with Crippen LogP contribution in [0.15, 0.2) is 12.1 Å². The average molecular weight is 350 g/mol. The molecule has 0 bridgehead atoms. The van der Waals surface area contributed by atoms with E-state index >= 15 is 0 Å². The maximum atomic E-state index is 10.3. The van der Waals surface area contributed by atoms with Crippen molar-refractivity contribution in [1.29, 1.82) is 0 Å². The molecule has 0 aliphatic heterocycles. The van der Waals surface area contributed by atoms with Crippen molar-refractivity contribution in [2.75, 3.05) is 0 Å². The molecule has 0 saturated heterocycles. The van der Waals surface area contributed by atoms with Gasteiger partial charge in [-0.05, 0) is 18.9 Å². The standard InChI is InChI=1S/C16H19Cl3O2/c17-10-7-12(19)13(8-11(10)18)21-15-9-14(20)16(15)5-3-1-2-4-6-16/h7-8,14-15,20H,1-6,9H2. The van der Waals surface area contributed by atoms with Gasteiger partial charge in [-0.3, -0.25) is 0 Å². The zero-order valence-corrected chi connectivity index (χ0v) is 14.0. The quantitative estimate of drug-likeness (QED) is 0.714. The van der Waals surface area contributed by atoms with Crippen LogP contribution >= 0.6 is 34.8 Å². The lowest BCUT2D eigenvalue weighted by atomic mass is 9.59. The summed E-state index contributed by atoms with van der Waals surface area (Å²) in [6, 6.07) is 3.27. The first kappa shape index (κ1) is 15.7. The number of halogens is 3. The van der Waals surface area contributed by atoms with Gasteiger partial charge in [0, 0.05) is 17.9 Å². The molecule has 1 aromatic carbocycles. The molecule has 0 amide bonds. The lowest BCUT2D eigenvalue weighted by Crippen LogP contribution is -2.59. The summed E-state index contributed by atoms with van der Waals surface area (Å²) in [5, 5.41) is 11.6. The second-order valence-corrected chi connectivity index (χ2v) is 7.42. The van der Waals surface area contributed by atoms with Gasteiger partial charge in [-0.2, -0.15) is 0 Å². The molecule has 116 valence electrons. The molecule has 0 aromatic heterocycles. The van der Waals surface area contributed by atoms with Gasteiger partial charge in [0.2, 0.25) is 0 Å². The third kappa shape index (κ3) is 2.88. The van der Waals surface area contributed by atoms with Gasteiger partial charge in [0.15, 0.2) is 0 Å². The van der Waals surface area contributed by atoms with E-state index in [0.29, 0.717) is 27.2 Å². The van der Waals surface area contributed by atoms with Gasteiger partial charge in [-0.15, -0.1) is 0 Å². The summed E-state index contributed by atoms with van der Waals surface area (Å²) < 4.78 is 6.10. The Bertz CT molecular complexity index is 524. The minimum absolute atomic E-state index is 0.0142. The van der Waals surface area contributed by atoms with Crippen molar-refractivity contribution in [3.05, 3.63) is 27.2 Å². The van der Waals surface area contributed by atoms with Gasteiger partial charge in [-0.1, -0.05) is 60.5 Å². The van der Waals surface area contributed by atoms with Crippen molar-refractivity contribution in [3.8, 4) is 5.75 Å². The summed E-state index contributed by atoms with van der Waals surface area (Å²) in [5.41, 5.74) is -0.105. The molecule has 1 N–H and O–H groups in total. The first-order chi connectivity index (χ1) is 10.0. The van der Waals surface area contributed by atoms with Gasteiger partial charge in [0.1, 0.15) is 11.9 Å². The van der Waals surface area contributed by atoms with E-state index in [-0.39, 0.29) is 17.6 Å². The topological polar surface area (TPSA) is 29.5 Å². The van der Waals surface area contributed by atoms with Crippen LogP contribution in [-0.4, -0.2) is 17.3 Å². The number of hydrogen-bond donors (Lipinski definition) is 1. The van der Waals surface area contributed by atoms with Gasteiger partial charge in [0.05, 0.1) is 21.2 Å². The van der Waals surface area contributed by atoms with Gasteiger partial charge < -0.3 is 9.84 Å². The lowest BCUT2D eigenvalue weighted by molar-refractivity contribution is -0.163. The number of benzene rings is 1. The van der Waals surface area contributed by atoms with Crippen LogP contribution in [0.2, 0.25) is 15.1 Å². The largest absolute Gasteiger partial charge is 0.488 e. The van der Waals surface area contributed by atoms with E-state index in [1.54, 1.807) is 12.1 Å². The zero-order valence-electron chi connectivity index (χ0n) is 11.7. The molecule has 2 saturated carbocycles. The third-order valence-electron chi connectivity index (χ3n) is 5.02. The molecule has 2 atom stereocenters. The smallest absolute Gasteiger partial charge is 0.139 e. The Balaban J connectivity index is 1.80. The molecule has 2 unspecified atom stereocenters. The maximum absolute atomic E-state index is 10.3. The van der Waals surface area contributed by atoms with Gasteiger partial charge >= 0.3 is 0 Å². The molecule has 2 fully saturated rings. The van der Waals surface area contributed by atoms with Crippen LogP contribution in [0.3, 0.4) is 0 Å². The number of hydrogen-bond acceptors (Lipinski definition) is 2. The molecule has 1 spiro atoms. The van der Waals surface area contributed by atoms with Crippen molar-refractivity contribution in [3.63, 3.8) is 0 Å². The Kier molecular flexibility index (Phi) is 4.61. The molecule has 0 heterocycles. The van der Waals surface area contributed by atoms with E-state index in [2.05, 4.69) is 0 Å². The van der Waals surface area contributed by atoms with E-state index in [9.17, 15) is 5.11 Å². The Morgan fingerprint density at radius 1 is 0.952 bits per heavy atom. The highest BCUT2D eigenvalue weighted by molar-refractivity contribution is 6.43. The van der Waals surface area contributed by atoms with E-state index in [1.165, 1.54) is 12.8 Å². The monoisotopic (exact) mass is 348 g/mol. The Hall–Kier alpha value is -0.150. The van der Waals surface area contributed by atoms with E-state index in [1.807, 2.05) is 0 Å². The maximum Gasteiger partial charge on any atom is 0.139 e. The van der Waals surface area contributed by atoms with Gasteiger partial charge in [-0.25, -0.2) is 0 Å². The minimum Gasteiger partial charge on any atom is -0.488 e. The second-order valence-electron chi connectivity index (χ2n) is 6.20. The van der Waals surface area contributed by atoms with Crippen LogP contribution in [-0.2, 0) is 0 Å². The average Bonchev–Trinajstić information content (AvgIpc) is 2.72. The summed E-state index contributed by atoms with van der Waals surface area (Å²) in [6.45, 7) is 0. The van der Waals surface area contributed by atoms with E-state index in [4.69, 9.17) is 39.5 Å². The highest BCUT2D eigenvalue weighted by Gasteiger charge is 2.55. The summed E-state index contributed by atoms with van der Waals surface area (Å²) >= 11 is 18.2. The van der Waals surface area contributed by atoms with Crippen LogP contribution in [0.5, 0.6) is 5.75 Å². The Morgan fingerprint density at radius 3 is 2.19 bits per heavy atom. The lowest BCUT2D eigenvalue weighted by Gasteiger charge is -2.53. The highest BCUT2D eigenvalue weighted by Crippen LogP contribution is 2.53. The van der Waals surface area contributed by atoms with Crippen molar-refractivity contribution in [1.82, 2.24) is 0 Å². The van der Waals surface area contributed by atoms with Crippen LogP contribution in [0.25, 0.3) is 0 Å². The first-order valence-corrected chi connectivity index (χ1v) is 8.65. The molecule has 2 aliphatic carbocycles. The highest BCUT2D eigenvalue weighted by atomic mass is 35.5. The first-order valence-electron chi connectivity index (χ1n) is 7.52. The van der Waals surface area contributed by atoms with Crippen molar-refractivity contribution >= 4 is 34.8 Å². The predicted molar refractivity (Wildman–Crippen MR) is 86.6 cm³/mol. The second kappa shape index (κ2) is 6.16. The zero-order chi connectivity index (χ0) is 15.0. The molecular formula is C16H19Cl3O2. The molecule has 1 aromatic rings. The van der Waals surface area contributed by atoms with Crippen molar-refractivity contribution < 1.29 is 9.84 Å². The van der Waals surface area contributed by atoms with Crippen LogP contribution in [0.4, 0.5) is 0 Å². The molecule has 3 rings (SSSR count). The summed E-state index contributed by atoms with van der Waals surface area (Å²) in [6.07, 6.45) is 7.27. The Labute approximate surface area is 140 Å². The van der Waals surface area contributed by atoms with E-state index < -0.39 is 0 Å². The molecular weight excluding hydrogens is 331 g/mol. The molecule has 0 radical (unpaired) electrons. The number of ether oxygens (including phenoxy) is 1. The van der Waals surface area contributed by atoms with Crippen molar-refractivity contribution in [2.24, 2.45) is 5.41 Å². The summed E-state index contributed by atoms with van der Waals surface area (Å²) in [5.74, 6) is 0.562. The van der Waals surface area contributed by atoms with Crippen LogP contribution < -0.4 is 4.74 Å². The number of rotatable bonds is 2. The predicted octanol–water partition coefficient (Wildman–Crippen LogP) is 5.50. The fourth-order valence-corrected chi connectivity index (χ4v) is 4.26. The van der Waals surface area contributed by atoms with Crippen LogP contribution in [0.1, 0.15) is 44.9 Å². The molecule has 21 heavy (non-hydrogen) atoms. The molecule has 2 aliphatic rings. The van der Waals surface area contributed by atoms with Gasteiger partial charge in [0.25, 0.3) is 0 Å². The van der Waals surface area contributed by atoms with E-state index in [0.717, 1.165) is 25.7 Å². The normalized spacial score (nSPS) is 28.0.